The maximum atomic E-state index is 12.5. The molecule has 3 N–H and O–H groups in total. The van der Waals surface area contributed by atoms with Gasteiger partial charge in [-0.25, -0.2) is 0 Å². The second-order valence-electron chi connectivity index (χ2n) is 7.36. The summed E-state index contributed by atoms with van der Waals surface area (Å²) in [5, 5.41) is 24.2. The van der Waals surface area contributed by atoms with Gasteiger partial charge in [0.25, 0.3) is 11.8 Å². The number of methoxy groups -OCH3 is 1. The van der Waals surface area contributed by atoms with E-state index in [0.717, 1.165) is 5.56 Å². The van der Waals surface area contributed by atoms with Crippen LogP contribution in [0.3, 0.4) is 0 Å². The number of phenols is 1. The van der Waals surface area contributed by atoms with E-state index in [-0.39, 0.29) is 23.8 Å². The van der Waals surface area contributed by atoms with Crippen molar-refractivity contribution in [3.63, 3.8) is 0 Å². The van der Waals surface area contributed by atoms with Crippen LogP contribution < -0.4 is 20.1 Å². The van der Waals surface area contributed by atoms with Gasteiger partial charge in [-0.2, -0.15) is 5.26 Å². The predicted octanol–water partition coefficient (Wildman–Crippen LogP) is 5.03. The van der Waals surface area contributed by atoms with E-state index in [1.165, 1.54) is 37.5 Å². The Bertz CT molecular complexity index is 1310. The molecule has 3 aromatic rings. The lowest BCUT2D eigenvalue weighted by Crippen LogP contribution is -2.21. The summed E-state index contributed by atoms with van der Waals surface area (Å²) in [7, 11) is 1.44. The van der Waals surface area contributed by atoms with Crippen LogP contribution in [0.25, 0.3) is 6.08 Å². The second-order valence-corrected chi connectivity index (χ2v) is 8.21. The molecule has 178 valence electrons. The number of aryl methyl sites for hydroxylation is 1. The Hall–Kier alpha value is -4.29. The van der Waals surface area contributed by atoms with Crippen molar-refractivity contribution in [3.05, 3.63) is 81.8 Å². The fourth-order valence-electron chi connectivity index (χ4n) is 3.06. The van der Waals surface area contributed by atoms with Crippen LogP contribution in [0.2, 0.25) is 0 Å². The molecular formula is C26H22BrN3O5. The first kappa shape index (κ1) is 25.3. The molecular weight excluding hydrogens is 514 g/mol. The second kappa shape index (κ2) is 11.7. The van der Waals surface area contributed by atoms with Crippen LogP contribution in [0.5, 0.6) is 17.2 Å². The smallest absolute Gasteiger partial charge is 0.266 e. The quantitative estimate of drug-likeness (QED) is 0.211. The molecule has 0 radical (unpaired) electrons. The van der Waals surface area contributed by atoms with Gasteiger partial charge in [-0.1, -0.05) is 18.2 Å². The summed E-state index contributed by atoms with van der Waals surface area (Å²) in [5.41, 5.74) is 2.42. The normalized spacial score (nSPS) is 10.7. The molecule has 35 heavy (non-hydrogen) atoms. The maximum absolute atomic E-state index is 12.5. The summed E-state index contributed by atoms with van der Waals surface area (Å²) >= 11 is 3.40. The van der Waals surface area contributed by atoms with E-state index in [1.807, 2.05) is 31.2 Å². The number of phenolic OH excluding ortho intramolecular Hbond substituents is 1. The monoisotopic (exact) mass is 535 g/mol. The third-order valence-corrected chi connectivity index (χ3v) is 5.41. The number of nitriles is 1. The lowest BCUT2D eigenvalue weighted by atomic mass is 10.1. The highest BCUT2D eigenvalue weighted by atomic mass is 79.9. The predicted molar refractivity (Wildman–Crippen MR) is 136 cm³/mol. The van der Waals surface area contributed by atoms with Gasteiger partial charge in [0.15, 0.2) is 18.1 Å². The topological polar surface area (TPSA) is 121 Å². The van der Waals surface area contributed by atoms with Crippen molar-refractivity contribution >= 4 is 45.2 Å². The van der Waals surface area contributed by atoms with Crippen LogP contribution in [-0.2, 0) is 9.59 Å². The van der Waals surface area contributed by atoms with Crippen LogP contribution in [0, 0.1) is 18.3 Å². The largest absolute Gasteiger partial charge is 0.508 e. The van der Waals surface area contributed by atoms with Crippen LogP contribution in [0.4, 0.5) is 11.4 Å². The van der Waals surface area contributed by atoms with Crippen molar-refractivity contribution < 1.29 is 24.2 Å². The number of halogens is 1. The number of hydrogen-bond donors (Lipinski definition) is 3. The molecule has 0 fully saturated rings. The first-order chi connectivity index (χ1) is 16.8. The van der Waals surface area contributed by atoms with Crippen molar-refractivity contribution in [1.82, 2.24) is 0 Å². The van der Waals surface area contributed by atoms with Crippen molar-refractivity contribution in [2.75, 3.05) is 24.4 Å². The van der Waals surface area contributed by atoms with Crippen molar-refractivity contribution in [1.29, 1.82) is 5.26 Å². The molecule has 9 heteroatoms. The lowest BCUT2D eigenvalue weighted by Gasteiger charge is -2.14. The van der Waals surface area contributed by atoms with E-state index >= 15 is 0 Å². The zero-order valence-corrected chi connectivity index (χ0v) is 20.5. The van der Waals surface area contributed by atoms with Crippen LogP contribution >= 0.6 is 15.9 Å². The Labute approximate surface area is 210 Å². The summed E-state index contributed by atoms with van der Waals surface area (Å²) in [6, 6.07) is 18.4. The SMILES string of the molecule is COc1cc(/C=C(\C#N)C(=O)Nc2ccc(O)cc2)cc(Br)c1OCC(=O)Nc1ccccc1C. The Morgan fingerprint density at radius 2 is 1.83 bits per heavy atom. The van der Waals surface area contributed by atoms with Crippen molar-refractivity contribution in [2.24, 2.45) is 0 Å². The zero-order valence-electron chi connectivity index (χ0n) is 19.0. The Kier molecular flexibility index (Phi) is 8.48. The number of benzene rings is 3. The number of carbonyl (C=O) groups excluding carboxylic acids is 2. The van der Waals surface area contributed by atoms with Gasteiger partial charge < -0.3 is 25.2 Å². The third-order valence-electron chi connectivity index (χ3n) is 4.82. The first-order valence-corrected chi connectivity index (χ1v) is 11.2. The summed E-state index contributed by atoms with van der Waals surface area (Å²) in [6.45, 7) is 1.64. The molecule has 0 unspecified atom stereocenters. The molecule has 2 amide bonds. The maximum Gasteiger partial charge on any atom is 0.266 e. The van der Waals surface area contributed by atoms with Gasteiger partial charge in [-0.15, -0.1) is 0 Å². The molecule has 8 nitrogen and oxygen atoms in total. The highest BCUT2D eigenvalue weighted by Crippen LogP contribution is 2.37. The lowest BCUT2D eigenvalue weighted by molar-refractivity contribution is -0.118. The standard InChI is InChI=1S/C26H22BrN3O5/c1-16-5-3-4-6-22(16)30-24(32)15-35-25-21(27)12-17(13-23(25)34-2)11-18(14-28)26(33)29-19-7-9-20(31)10-8-19/h3-13,31H,15H2,1-2H3,(H,29,33)(H,30,32)/b18-11+. The van der Waals surface area contributed by atoms with Gasteiger partial charge in [0.1, 0.15) is 17.4 Å². The van der Waals surface area contributed by atoms with Gasteiger partial charge in [-0.3, -0.25) is 9.59 Å². The fourth-order valence-corrected chi connectivity index (χ4v) is 3.63. The molecule has 0 saturated carbocycles. The van der Waals surface area contributed by atoms with Crippen molar-refractivity contribution in [2.45, 2.75) is 6.92 Å². The van der Waals surface area contributed by atoms with Gasteiger partial charge >= 0.3 is 0 Å². The Balaban J connectivity index is 1.74. The van der Waals surface area contributed by atoms with E-state index in [9.17, 15) is 20.0 Å². The van der Waals surface area contributed by atoms with Gasteiger partial charge in [0.05, 0.1) is 11.6 Å². The fraction of sp³-hybridized carbons (Fsp3) is 0.115. The highest BCUT2D eigenvalue weighted by molar-refractivity contribution is 9.10. The molecule has 0 spiro atoms. The molecule has 0 bridgehead atoms. The minimum absolute atomic E-state index is 0.0611. The zero-order chi connectivity index (χ0) is 25.4. The molecule has 0 aromatic heterocycles. The van der Waals surface area contributed by atoms with E-state index in [0.29, 0.717) is 32.9 Å². The molecule has 3 rings (SSSR count). The molecule has 0 aliphatic heterocycles. The summed E-state index contributed by atoms with van der Waals surface area (Å²) < 4.78 is 11.6. The Morgan fingerprint density at radius 1 is 1.11 bits per heavy atom. The summed E-state index contributed by atoms with van der Waals surface area (Å²) in [6.07, 6.45) is 1.40. The number of anilines is 2. The number of para-hydroxylation sites is 1. The number of hydrogen-bond acceptors (Lipinski definition) is 6. The number of rotatable bonds is 8. The Morgan fingerprint density at radius 3 is 2.49 bits per heavy atom. The number of ether oxygens (including phenoxy) is 2. The molecule has 0 saturated heterocycles. The number of carbonyl (C=O) groups is 2. The van der Waals surface area contributed by atoms with Gasteiger partial charge in [0, 0.05) is 11.4 Å². The molecule has 0 aliphatic rings. The average molecular weight is 536 g/mol. The van der Waals surface area contributed by atoms with Crippen molar-refractivity contribution in [3.8, 4) is 23.3 Å². The molecule has 0 atom stereocenters. The number of nitrogens with one attached hydrogen (secondary N) is 2. The van der Waals surface area contributed by atoms with Crippen LogP contribution in [0.15, 0.2) is 70.7 Å². The molecule has 3 aromatic carbocycles. The minimum Gasteiger partial charge on any atom is -0.508 e. The average Bonchev–Trinajstić information content (AvgIpc) is 2.84. The van der Waals surface area contributed by atoms with E-state index in [4.69, 9.17) is 9.47 Å². The highest BCUT2D eigenvalue weighted by Gasteiger charge is 2.16. The van der Waals surface area contributed by atoms with Gasteiger partial charge in [-0.05, 0) is 82.5 Å². The molecule has 0 aliphatic carbocycles. The number of amides is 2. The van der Waals surface area contributed by atoms with Crippen LogP contribution in [-0.4, -0.2) is 30.6 Å². The van der Waals surface area contributed by atoms with Crippen LogP contribution in [0.1, 0.15) is 11.1 Å². The van der Waals surface area contributed by atoms with E-state index < -0.39 is 5.91 Å². The third kappa shape index (κ3) is 6.85. The number of aromatic hydroxyl groups is 1. The van der Waals surface area contributed by atoms with E-state index in [2.05, 4.69) is 26.6 Å². The molecule has 0 heterocycles. The minimum atomic E-state index is -0.610. The summed E-state index contributed by atoms with van der Waals surface area (Å²) in [5.74, 6) is -0.274. The first-order valence-electron chi connectivity index (χ1n) is 10.4. The summed E-state index contributed by atoms with van der Waals surface area (Å²) in [4.78, 5) is 24.9. The van der Waals surface area contributed by atoms with E-state index in [1.54, 1.807) is 18.2 Å². The number of nitrogens with zero attached hydrogens (tertiary/aromatic N) is 1. The van der Waals surface area contributed by atoms with Gasteiger partial charge in [0.2, 0.25) is 0 Å².